The van der Waals surface area contributed by atoms with E-state index in [1.165, 1.54) is 38.5 Å². The molecule has 9 heavy (non-hydrogen) atoms. The van der Waals surface area contributed by atoms with Crippen LogP contribution in [0.5, 0.6) is 0 Å². The van der Waals surface area contributed by atoms with Crippen molar-refractivity contribution in [2.24, 2.45) is 0 Å². The Morgan fingerprint density at radius 3 is 2.78 bits per heavy atom. The van der Waals surface area contributed by atoms with Crippen molar-refractivity contribution in [3.8, 4) is 0 Å². The maximum absolute atomic E-state index is 2.63. The van der Waals surface area contributed by atoms with E-state index in [0.29, 0.717) is 0 Å². The molecule has 0 saturated carbocycles. The minimum absolute atomic E-state index is 1.31. The van der Waals surface area contributed by atoms with Crippen molar-refractivity contribution in [3.63, 3.8) is 0 Å². The van der Waals surface area contributed by atoms with Crippen LogP contribution in [-0.4, -0.2) is 0 Å². The number of hydrogen-bond acceptors (Lipinski definition) is 0. The van der Waals surface area contributed by atoms with Gasteiger partial charge in [-0.15, -0.1) is 0 Å². The molecule has 1 rings (SSSR count). The van der Waals surface area contributed by atoms with Crippen molar-refractivity contribution < 1.29 is 21.1 Å². The van der Waals surface area contributed by atoms with Crippen LogP contribution in [0, 0.1) is 0 Å². The van der Waals surface area contributed by atoms with Gasteiger partial charge in [-0.1, -0.05) is 0 Å². The van der Waals surface area contributed by atoms with E-state index in [1.807, 2.05) is 0 Å². The fourth-order valence-corrected chi connectivity index (χ4v) is 1.82. The first-order valence-corrected chi connectivity index (χ1v) is 4.78. The van der Waals surface area contributed by atoms with Crippen LogP contribution < -0.4 is 0 Å². The van der Waals surface area contributed by atoms with Crippen molar-refractivity contribution >= 4 is 0 Å². The Labute approximate surface area is 69.6 Å². The molecule has 0 aliphatic heterocycles. The summed E-state index contributed by atoms with van der Waals surface area (Å²) in [5.41, 5.74) is 0. The number of allylic oxidation sites excluding steroid dienone is 2. The average Bonchev–Trinajstić information content (AvgIpc) is 1.79. The Morgan fingerprint density at radius 1 is 1.11 bits per heavy atom. The summed E-state index contributed by atoms with van der Waals surface area (Å²) in [6.07, 6.45) is 10.7. The molecule has 0 fully saturated rings. The van der Waals surface area contributed by atoms with E-state index in [0.717, 1.165) is 0 Å². The van der Waals surface area contributed by atoms with Gasteiger partial charge in [-0.05, 0) is 0 Å². The standard InChI is InChI=1S/C8H13.Au/c1-2-4-6-8-7-5-3-1;/h1H,2,4-8H2;. The molecule has 1 aliphatic carbocycles. The monoisotopic (exact) mass is 306 g/mol. The van der Waals surface area contributed by atoms with Gasteiger partial charge in [0.1, 0.15) is 0 Å². The van der Waals surface area contributed by atoms with E-state index < -0.39 is 0 Å². The molecule has 0 nitrogen and oxygen atoms in total. The zero-order chi connectivity index (χ0) is 6.53. The van der Waals surface area contributed by atoms with Gasteiger partial charge >= 0.3 is 69.5 Å². The van der Waals surface area contributed by atoms with Crippen LogP contribution in [0.3, 0.4) is 0 Å². The van der Waals surface area contributed by atoms with Crippen molar-refractivity contribution in [3.05, 3.63) is 9.87 Å². The van der Waals surface area contributed by atoms with Gasteiger partial charge in [-0.2, -0.15) is 0 Å². The first-order chi connectivity index (χ1) is 4.39. The molecule has 0 atom stereocenters. The molecule has 1 aliphatic rings. The molecule has 0 aromatic carbocycles. The minimum atomic E-state index is 1.31. The summed E-state index contributed by atoms with van der Waals surface area (Å²) in [5, 5.41) is 0. The summed E-state index contributed by atoms with van der Waals surface area (Å²) >= 11 is 2.63. The SMILES string of the molecule is [Au][C]1=CCCCCCC1. The fraction of sp³-hybridized carbons (Fsp3) is 0.750. The average molecular weight is 306 g/mol. The predicted octanol–water partition coefficient (Wildman–Crippen LogP) is 2.77. The van der Waals surface area contributed by atoms with Crippen molar-refractivity contribution in [1.29, 1.82) is 0 Å². The van der Waals surface area contributed by atoms with Crippen LogP contribution in [0.2, 0.25) is 0 Å². The van der Waals surface area contributed by atoms with Gasteiger partial charge in [0.05, 0.1) is 0 Å². The first kappa shape index (κ1) is 7.59. The third-order valence-corrected chi connectivity index (χ3v) is 2.68. The Bertz CT molecular complexity index is 105. The predicted molar refractivity (Wildman–Crippen MR) is 35.8 cm³/mol. The first-order valence-electron chi connectivity index (χ1n) is 3.70. The summed E-state index contributed by atoms with van der Waals surface area (Å²) in [6.45, 7) is 0. The molecule has 0 unspecified atom stereocenters. The summed E-state index contributed by atoms with van der Waals surface area (Å²) in [7, 11) is 0. The molecule has 0 saturated heterocycles. The molecule has 0 aromatic heterocycles. The molecular formula is C8H13Au. The molecule has 0 aromatic rings. The molecule has 0 bridgehead atoms. The Balaban J connectivity index is 2.32. The van der Waals surface area contributed by atoms with Crippen LogP contribution in [0.15, 0.2) is 9.87 Å². The zero-order valence-electron chi connectivity index (χ0n) is 5.62. The molecular weight excluding hydrogens is 293 g/mol. The van der Waals surface area contributed by atoms with Crippen LogP contribution in [0.25, 0.3) is 0 Å². The number of hydrogen-bond donors (Lipinski definition) is 0. The van der Waals surface area contributed by atoms with Crippen molar-refractivity contribution in [1.82, 2.24) is 0 Å². The van der Waals surface area contributed by atoms with Gasteiger partial charge in [0.2, 0.25) is 0 Å². The van der Waals surface area contributed by atoms with E-state index in [9.17, 15) is 0 Å². The molecule has 0 N–H and O–H groups in total. The normalized spacial score (nSPS) is 22.2. The van der Waals surface area contributed by atoms with E-state index >= 15 is 0 Å². The Hall–Kier alpha value is 0.480. The molecule has 0 amide bonds. The second kappa shape index (κ2) is 4.32. The van der Waals surface area contributed by atoms with Gasteiger partial charge in [-0.25, -0.2) is 0 Å². The van der Waals surface area contributed by atoms with Crippen LogP contribution in [0.1, 0.15) is 38.5 Å². The third-order valence-electron chi connectivity index (χ3n) is 1.70. The van der Waals surface area contributed by atoms with E-state index in [1.54, 1.807) is 3.79 Å². The summed E-state index contributed by atoms with van der Waals surface area (Å²) in [4.78, 5) is 0. The van der Waals surface area contributed by atoms with Crippen molar-refractivity contribution in [2.45, 2.75) is 38.5 Å². The Morgan fingerprint density at radius 2 is 1.89 bits per heavy atom. The third kappa shape index (κ3) is 3.24. The molecule has 0 heterocycles. The van der Waals surface area contributed by atoms with Gasteiger partial charge in [-0.3, -0.25) is 0 Å². The topological polar surface area (TPSA) is 0 Å². The van der Waals surface area contributed by atoms with E-state index in [-0.39, 0.29) is 0 Å². The zero-order valence-corrected chi connectivity index (χ0v) is 7.79. The van der Waals surface area contributed by atoms with Gasteiger partial charge in [0.25, 0.3) is 0 Å². The van der Waals surface area contributed by atoms with Gasteiger partial charge in [0.15, 0.2) is 0 Å². The maximum atomic E-state index is 2.63. The van der Waals surface area contributed by atoms with E-state index in [2.05, 4.69) is 27.1 Å². The van der Waals surface area contributed by atoms with Gasteiger partial charge in [0, 0.05) is 0 Å². The molecule has 56 valence electrons. The van der Waals surface area contributed by atoms with Gasteiger partial charge < -0.3 is 0 Å². The Kier molecular flexibility index (Phi) is 3.64. The molecule has 0 spiro atoms. The van der Waals surface area contributed by atoms with Crippen LogP contribution >= 0.6 is 0 Å². The van der Waals surface area contributed by atoms with Crippen molar-refractivity contribution in [2.75, 3.05) is 0 Å². The van der Waals surface area contributed by atoms with E-state index in [4.69, 9.17) is 0 Å². The molecule has 0 radical (unpaired) electrons. The fourth-order valence-electron chi connectivity index (χ4n) is 1.13. The summed E-state index contributed by atoms with van der Waals surface area (Å²) < 4.78 is 1.55. The quantitative estimate of drug-likeness (QED) is 0.604. The molecule has 1 heteroatoms. The van der Waals surface area contributed by atoms with Crippen LogP contribution in [0.4, 0.5) is 0 Å². The van der Waals surface area contributed by atoms with Crippen LogP contribution in [-0.2, 0) is 21.1 Å². The second-order valence-electron chi connectivity index (χ2n) is 2.55. The summed E-state index contributed by atoms with van der Waals surface area (Å²) in [6, 6.07) is 0. The number of rotatable bonds is 0. The second-order valence-corrected chi connectivity index (χ2v) is 3.95. The summed E-state index contributed by atoms with van der Waals surface area (Å²) in [5.74, 6) is 0.